The van der Waals surface area contributed by atoms with E-state index in [2.05, 4.69) is 31.3 Å². The predicted molar refractivity (Wildman–Crippen MR) is 60.0 cm³/mol. The van der Waals surface area contributed by atoms with Gasteiger partial charge in [0, 0.05) is 18.6 Å². The van der Waals surface area contributed by atoms with Gasteiger partial charge in [-0.05, 0) is 30.6 Å². The lowest BCUT2D eigenvalue weighted by atomic mass is 9.71. The molecule has 1 fully saturated rings. The summed E-state index contributed by atoms with van der Waals surface area (Å²) in [6.45, 7) is 5.81. The molecule has 5 unspecified atom stereocenters. The molecule has 2 aliphatic rings. The van der Waals surface area contributed by atoms with Crippen molar-refractivity contribution in [1.82, 2.24) is 5.32 Å². The van der Waals surface area contributed by atoms with Crippen LogP contribution in [0.1, 0.15) is 26.7 Å². The van der Waals surface area contributed by atoms with Crippen LogP contribution in [0.2, 0.25) is 0 Å². The smallest absolute Gasteiger partial charge is 0.0229 e. The average Bonchev–Trinajstić information content (AvgIpc) is 2.58. The maximum absolute atomic E-state index is 5.81. The molecule has 1 saturated carbocycles. The van der Waals surface area contributed by atoms with Crippen molar-refractivity contribution in [3.63, 3.8) is 0 Å². The van der Waals surface area contributed by atoms with Crippen LogP contribution in [0.5, 0.6) is 0 Å². The standard InChI is InChI=1S/C12H22N2/c1-8-5-12(9(8)2)14-7-10-3-4-11(13)6-10/h3-4,8-12,14H,5-7,13H2,1-2H3. The molecule has 2 aliphatic carbocycles. The molecule has 2 nitrogen and oxygen atoms in total. The summed E-state index contributed by atoms with van der Waals surface area (Å²) in [6.07, 6.45) is 6.89. The highest BCUT2D eigenvalue weighted by Crippen LogP contribution is 2.33. The van der Waals surface area contributed by atoms with Crippen molar-refractivity contribution in [3.05, 3.63) is 12.2 Å². The minimum atomic E-state index is 0.305. The highest BCUT2D eigenvalue weighted by molar-refractivity contribution is 5.05. The Kier molecular flexibility index (Phi) is 2.93. The van der Waals surface area contributed by atoms with Crippen molar-refractivity contribution in [3.8, 4) is 0 Å². The van der Waals surface area contributed by atoms with Gasteiger partial charge in [-0.25, -0.2) is 0 Å². The van der Waals surface area contributed by atoms with Crippen molar-refractivity contribution in [2.75, 3.05) is 6.54 Å². The van der Waals surface area contributed by atoms with Crippen LogP contribution >= 0.6 is 0 Å². The third kappa shape index (κ3) is 2.01. The van der Waals surface area contributed by atoms with Gasteiger partial charge in [0.05, 0.1) is 0 Å². The van der Waals surface area contributed by atoms with Crippen molar-refractivity contribution in [1.29, 1.82) is 0 Å². The molecule has 0 aliphatic heterocycles. The normalized spacial score (nSPS) is 46.6. The fourth-order valence-electron chi connectivity index (χ4n) is 2.56. The molecule has 0 saturated heterocycles. The zero-order chi connectivity index (χ0) is 10.1. The summed E-state index contributed by atoms with van der Waals surface area (Å²) in [5.74, 6) is 2.44. The van der Waals surface area contributed by atoms with Crippen molar-refractivity contribution in [2.24, 2.45) is 23.5 Å². The van der Waals surface area contributed by atoms with Gasteiger partial charge in [0.15, 0.2) is 0 Å². The van der Waals surface area contributed by atoms with Crippen molar-refractivity contribution < 1.29 is 0 Å². The molecule has 0 aromatic rings. The van der Waals surface area contributed by atoms with Gasteiger partial charge in [-0.15, -0.1) is 0 Å². The van der Waals surface area contributed by atoms with Crippen LogP contribution in [-0.2, 0) is 0 Å². The van der Waals surface area contributed by atoms with E-state index in [1.165, 1.54) is 6.42 Å². The highest BCUT2D eigenvalue weighted by Gasteiger charge is 2.34. The Morgan fingerprint density at radius 1 is 1.29 bits per heavy atom. The summed E-state index contributed by atoms with van der Waals surface area (Å²) in [4.78, 5) is 0. The van der Waals surface area contributed by atoms with Crippen LogP contribution in [0.25, 0.3) is 0 Å². The molecule has 0 amide bonds. The second kappa shape index (κ2) is 4.03. The SMILES string of the molecule is CC1CC(NCC2C=CC(N)C2)C1C. The van der Waals surface area contributed by atoms with E-state index in [9.17, 15) is 0 Å². The molecule has 2 heteroatoms. The Morgan fingerprint density at radius 2 is 2.07 bits per heavy atom. The van der Waals surface area contributed by atoms with Gasteiger partial charge in [-0.3, -0.25) is 0 Å². The lowest BCUT2D eigenvalue weighted by Gasteiger charge is -2.42. The first-order valence-electron chi connectivity index (χ1n) is 5.84. The van der Waals surface area contributed by atoms with Crippen LogP contribution in [0.4, 0.5) is 0 Å². The quantitative estimate of drug-likeness (QED) is 0.669. The molecule has 5 atom stereocenters. The van der Waals surface area contributed by atoms with Gasteiger partial charge in [0.1, 0.15) is 0 Å². The van der Waals surface area contributed by atoms with Gasteiger partial charge in [-0.2, -0.15) is 0 Å². The molecular weight excluding hydrogens is 172 g/mol. The fourth-order valence-corrected chi connectivity index (χ4v) is 2.56. The van der Waals surface area contributed by atoms with E-state index in [0.29, 0.717) is 12.0 Å². The molecule has 80 valence electrons. The van der Waals surface area contributed by atoms with Crippen LogP contribution < -0.4 is 11.1 Å². The lowest BCUT2D eigenvalue weighted by Crippen LogP contribution is -2.49. The Labute approximate surface area is 86.9 Å². The first-order valence-corrected chi connectivity index (χ1v) is 5.84. The van der Waals surface area contributed by atoms with E-state index in [0.717, 1.165) is 30.8 Å². The second-order valence-electron chi connectivity index (χ2n) is 5.13. The monoisotopic (exact) mass is 194 g/mol. The number of hydrogen-bond donors (Lipinski definition) is 2. The number of nitrogens with two attached hydrogens (primary N) is 1. The second-order valence-corrected chi connectivity index (χ2v) is 5.13. The summed E-state index contributed by atoms with van der Waals surface area (Å²) < 4.78 is 0. The topological polar surface area (TPSA) is 38.0 Å². The Hall–Kier alpha value is -0.340. The molecule has 14 heavy (non-hydrogen) atoms. The zero-order valence-electron chi connectivity index (χ0n) is 9.24. The van der Waals surface area contributed by atoms with E-state index >= 15 is 0 Å². The Bertz CT molecular complexity index is 224. The fraction of sp³-hybridized carbons (Fsp3) is 0.833. The predicted octanol–water partition coefficient (Wildman–Crippen LogP) is 1.52. The van der Waals surface area contributed by atoms with E-state index < -0.39 is 0 Å². The molecule has 0 spiro atoms. The average molecular weight is 194 g/mol. The van der Waals surface area contributed by atoms with E-state index in [4.69, 9.17) is 5.73 Å². The van der Waals surface area contributed by atoms with E-state index in [-0.39, 0.29) is 0 Å². The van der Waals surface area contributed by atoms with Gasteiger partial charge < -0.3 is 11.1 Å². The van der Waals surface area contributed by atoms with Crippen LogP contribution in [0, 0.1) is 17.8 Å². The number of hydrogen-bond acceptors (Lipinski definition) is 2. The summed E-state index contributed by atoms with van der Waals surface area (Å²) in [7, 11) is 0. The third-order valence-corrected chi connectivity index (χ3v) is 4.01. The summed E-state index contributed by atoms with van der Waals surface area (Å²) in [5, 5.41) is 3.65. The summed E-state index contributed by atoms with van der Waals surface area (Å²) in [6, 6.07) is 1.06. The molecule has 3 N–H and O–H groups in total. The molecule has 0 aromatic carbocycles. The number of rotatable bonds is 3. The largest absolute Gasteiger partial charge is 0.324 e. The zero-order valence-corrected chi connectivity index (χ0v) is 9.24. The lowest BCUT2D eigenvalue weighted by molar-refractivity contribution is 0.135. The first kappa shape index (κ1) is 10.2. The Balaban J connectivity index is 1.66. The van der Waals surface area contributed by atoms with Gasteiger partial charge in [0.25, 0.3) is 0 Å². The van der Waals surface area contributed by atoms with Crippen LogP contribution in [-0.4, -0.2) is 18.6 Å². The molecule has 0 heterocycles. The van der Waals surface area contributed by atoms with Gasteiger partial charge in [0.2, 0.25) is 0 Å². The van der Waals surface area contributed by atoms with E-state index in [1.54, 1.807) is 0 Å². The molecule has 0 aromatic heterocycles. The van der Waals surface area contributed by atoms with Gasteiger partial charge >= 0.3 is 0 Å². The molecule has 2 rings (SSSR count). The molecule has 0 radical (unpaired) electrons. The van der Waals surface area contributed by atoms with Gasteiger partial charge in [-0.1, -0.05) is 26.0 Å². The van der Waals surface area contributed by atoms with Crippen molar-refractivity contribution >= 4 is 0 Å². The van der Waals surface area contributed by atoms with Crippen LogP contribution in [0.3, 0.4) is 0 Å². The molecule has 0 bridgehead atoms. The summed E-state index contributed by atoms with van der Waals surface area (Å²) >= 11 is 0. The maximum atomic E-state index is 5.81. The minimum absolute atomic E-state index is 0.305. The van der Waals surface area contributed by atoms with Crippen LogP contribution in [0.15, 0.2) is 12.2 Å². The third-order valence-electron chi connectivity index (χ3n) is 4.01. The number of nitrogens with one attached hydrogen (secondary N) is 1. The maximum Gasteiger partial charge on any atom is 0.0229 e. The van der Waals surface area contributed by atoms with Crippen molar-refractivity contribution in [2.45, 2.75) is 38.8 Å². The van der Waals surface area contributed by atoms with E-state index in [1.807, 2.05) is 0 Å². The first-order chi connectivity index (χ1) is 6.66. The Morgan fingerprint density at radius 3 is 2.57 bits per heavy atom. The molecular formula is C12H22N2. The minimum Gasteiger partial charge on any atom is -0.324 e. The highest BCUT2D eigenvalue weighted by atomic mass is 14.9. The summed E-state index contributed by atoms with van der Waals surface area (Å²) in [5.41, 5.74) is 5.81.